The average Bonchev–Trinajstić information content (AvgIpc) is 2.87. The number of hydrogen-bond acceptors (Lipinski definition) is 4. The van der Waals surface area contributed by atoms with Gasteiger partial charge >= 0.3 is 0 Å². The van der Waals surface area contributed by atoms with Gasteiger partial charge in [0.15, 0.2) is 0 Å². The van der Waals surface area contributed by atoms with Gasteiger partial charge in [-0.1, -0.05) is 0 Å². The fraction of sp³-hybridized carbons (Fsp3) is 0.600. The van der Waals surface area contributed by atoms with Crippen LogP contribution in [0.25, 0.3) is 0 Å². The highest BCUT2D eigenvalue weighted by atomic mass is 16.5. The van der Waals surface area contributed by atoms with Gasteiger partial charge in [0.1, 0.15) is 11.5 Å². The molecule has 0 aliphatic carbocycles. The van der Waals surface area contributed by atoms with E-state index in [2.05, 4.69) is 4.90 Å². The first-order valence-electron chi connectivity index (χ1n) is 6.84. The van der Waals surface area contributed by atoms with E-state index < -0.39 is 5.60 Å². The number of benzene rings is 1. The van der Waals surface area contributed by atoms with Crippen LogP contribution in [-0.2, 0) is 5.60 Å². The van der Waals surface area contributed by atoms with E-state index >= 15 is 0 Å². The number of methoxy groups -OCH3 is 2. The van der Waals surface area contributed by atoms with Crippen molar-refractivity contribution in [1.82, 2.24) is 4.90 Å². The average molecular weight is 263 g/mol. The van der Waals surface area contributed by atoms with Gasteiger partial charge in [-0.15, -0.1) is 0 Å². The van der Waals surface area contributed by atoms with Gasteiger partial charge in [-0.05, 0) is 31.5 Å². The summed E-state index contributed by atoms with van der Waals surface area (Å²) in [6.45, 7) is 3.05. The van der Waals surface area contributed by atoms with Crippen molar-refractivity contribution in [3.8, 4) is 11.5 Å². The van der Waals surface area contributed by atoms with Crippen LogP contribution in [0.2, 0.25) is 0 Å². The highest BCUT2D eigenvalue weighted by Crippen LogP contribution is 2.46. The van der Waals surface area contributed by atoms with Gasteiger partial charge in [0, 0.05) is 30.6 Å². The summed E-state index contributed by atoms with van der Waals surface area (Å²) in [5.74, 6) is 1.79. The van der Waals surface area contributed by atoms with Crippen LogP contribution in [0.4, 0.5) is 0 Å². The molecule has 0 amide bonds. The van der Waals surface area contributed by atoms with E-state index in [9.17, 15) is 5.11 Å². The number of rotatable bonds is 3. The molecule has 2 bridgehead atoms. The third-order valence-corrected chi connectivity index (χ3v) is 4.63. The zero-order valence-electron chi connectivity index (χ0n) is 11.6. The maximum atomic E-state index is 11.2. The summed E-state index contributed by atoms with van der Waals surface area (Å²) in [5.41, 5.74) is 0.146. The Bertz CT molecular complexity index is 476. The Balaban J connectivity index is 2.00. The lowest BCUT2D eigenvalue weighted by molar-refractivity contribution is -0.0517. The van der Waals surface area contributed by atoms with Crippen LogP contribution in [0.1, 0.15) is 18.4 Å². The number of ether oxygens (including phenoxy) is 2. The molecule has 3 unspecified atom stereocenters. The lowest BCUT2D eigenvalue weighted by Crippen LogP contribution is -2.44. The number of fused-ring (bicyclic) bond motifs is 2. The van der Waals surface area contributed by atoms with E-state index in [0.717, 1.165) is 49.5 Å². The summed E-state index contributed by atoms with van der Waals surface area (Å²) >= 11 is 0. The van der Waals surface area contributed by atoms with Gasteiger partial charge in [0.05, 0.1) is 19.8 Å². The van der Waals surface area contributed by atoms with Crippen LogP contribution >= 0.6 is 0 Å². The molecule has 2 aliphatic heterocycles. The standard InChI is InChI=1S/C15H21NO3/c1-18-12-3-4-13(14(9-12)19-2)15(17)6-8-16-7-5-11(15)10-16/h3-4,9,11,17H,5-8,10H2,1-2H3. The third kappa shape index (κ3) is 1.99. The number of hydrogen-bond donors (Lipinski definition) is 1. The molecule has 0 aromatic heterocycles. The van der Waals surface area contributed by atoms with Gasteiger partial charge in [-0.25, -0.2) is 0 Å². The van der Waals surface area contributed by atoms with E-state index in [-0.39, 0.29) is 0 Å². The molecule has 0 spiro atoms. The van der Waals surface area contributed by atoms with E-state index in [4.69, 9.17) is 9.47 Å². The molecule has 2 heterocycles. The SMILES string of the molecule is COc1ccc(C2(O)CCN3CCC2C3)c(OC)c1. The second-order valence-electron chi connectivity index (χ2n) is 5.53. The quantitative estimate of drug-likeness (QED) is 0.900. The van der Waals surface area contributed by atoms with Crippen molar-refractivity contribution >= 4 is 0 Å². The van der Waals surface area contributed by atoms with Crippen LogP contribution in [0, 0.1) is 5.92 Å². The van der Waals surface area contributed by atoms with E-state index in [1.807, 2.05) is 18.2 Å². The van der Waals surface area contributed by atoms with Gasteiger partial charge in [0.2, 0.25) is 0 Å². The molecular weight excluding hydrogens is 242 g/mol. The van der Waals surface area contributed by atoms with Crippen LogP contribution in [-0.4, -0.2) is 43.9 Å². The maximum Gasteiger partial charge on any atom is 0.128 e. The number of aliphatic hydroxyl groups is 1. The minimum atomic E-state index is -0.759. The van der Waals surface area contributed by atoms with Crippen molar-refractivity contribution in [2.24, 2.45) is 5.92 Å². The Labute approximate surface area is 113 Å². The molecule has 2 fully saturated rings. The van der Waals surface area contributed by atoms with Crippen molar-refractivity contribution in [3.63, 3.8) is 0 Å². The van der Waals surface area contributed by atoms with Crippen LogP contribution in [0.5, 0.6) is 11.5 Å². The molecule has 0 radical (unpaired) electrons. The van der Waals surface area contributed by atoms with Crippen molar-refractivity contribution in [3.05, 3.63) is 23.8 Å². The van der Waals surface area contributed by atoms with Crippen molar-refractivity contribution < 1.29 is 14.6 Å². The van der Waals surface area contributed by atoms with E-state index in [1.54, 1.807) is 14.2 Å². The molecule has 2 saturated heterocycles. The fourth-order valence-corrected chi connectivity index (χ4v) is 3.47. The highest BCUT2D eigenvalue weighted by Gasteiger charge is 2.47. The first kappa shape index (κ1) is 12.8. The number of nitrogens with zero attached hydrogens (tertiary/aromatic N) is 1. The molecule has 0 saturated carbocycles. The fourth-order valence-electron chi connectivity index (χ4n) is 3.47. The highest BCUT2D eigenvalue weighted by molar-refractivity contribution is 5.44. The number of piperidine rings is 1. The van der Waals surface area contributed by atoms with Gasteiger partial charge < -0.3 is 19.5 Å². The van der Waals surface area contributed by atoms with Crippen LogP contribution < -0.4 is 9.47 Å². The Morgan fingerprint density at radius 2 is 2.11 bits per heavy atom. The second kappa shape index (κ2) is 4.69. The molecular formula is C15H21NO3. The minimum Gasteiger partial charge on any atom is -0.497 e. The summed E-state index contributed by atoms with van der Waals surface area (Å²) in [7, 11) is 3.28. The molecule has 1 aromatic carbocycles. The van der Waals surface area contributed by atoms with E-state index in [1.165, 1.54) is 0 Å². The van der Waals surface area contributed by atoms with Crippen molar-refractivity contribution in [2.45, 2.75) is 18.4 Å². The zero-order chi connectivity index (χ0) is 13.5. The largest absolute Gasteiger partial charge is 0.497 e. The topological polar surface area (TPSA) is 41.9 Å². The minimum absolute atomic E-state index is 0.309. The lowest BCUT2D eigenvalue weighted by atomic mass is 9.76. The normalized spacial score (nSPS) is 33.2. The van der Waals surface area contributed by atoms with Crippen molar-refractivity contribution in [2.75, 3.05) is 33.9 Å². The Kier molecular flexibility index (Phi) is 3.15. The molecule has 1 aromatic rings. The Morgan fingerprint density at radius 3 is 2.84 bits per heavy atom. The lowest BCUT2D eigenvalue weighted by Gasteiger charge is -2.39. The summed E-state index contributed by atoms with van der Waals surface area (Å²) in [4.78, 5) is 2.43. The molecule has 19 heavy (non-hydrogen) atoms. The molecule has 1 N–H and O–H groups in total. The van der Waals surface area contributed by atoms with Gasteiger partial charge in [-0.2, -0.15) is 0 Å². The zero-order valence-corrected chi connectivity index (χ0v) is 11.6. The molecule has 4 heteroatoms. The molecule has 3 rings (SSSR count). The summed E-state index contributed by atoms with van der Waals surface area (Å²) in [5, 5.41) is 11.2. The maximum absolute atomic E-state index is 11.2. The predicted octanol–water partition coefficient (Wildman–Crippen LogP) is 1.62. The predicted molar refractivity (Wildman–Crippen MR) is 72.6 cm³/mol. The molecule has 4 nitrogen and oxygen atoms in total. The molecule has 104 valence electrons. The monoisotopic (exact) mass is 263 g/mol. The van der Waals surface area contributed by atoms with E-state index in [0.29, 0.717) is 5.92 Å². The van der Waals surface area contributed by atoms with Gasteiger partial charge in [0.25, 0.3) is 0 Å². The smallest absolute Gasteiger partial charge is 0.128 e. The first-order chi connectivity index (χ1) is 9.17. The summed E-state index contributed by atoms with van der Waals surface area (Å²) in [6.07, 6.45) is 1.84. The first-order valence-corrected chi connectivity index (χ1v) is 6.84. The molecule has 3 atom stereocenters. The van der Waals surface area contributed by atoms with Crippen LogP contribution in [0.3, 0.4) is 0 Å². The Hall–Kier alpha value is -1.26. The molecule has 2 aliphatic rings. The summed E-state index contributed by atoms with van der Waals surface area (Å²) < 4.78 is 10.7. The summed E-state index contributed by atoms with van der Waals surface area (Å²) in [6, 6.07) is 5.71. The van der Waals surface area contributed by atoms with Crippen molar-refractivity contribution in [1.29, 1.82) is 0 Å². The van der Waals surface area contributed by atoms with Crippen LogP contribution in [0.15, 0.2) is 18.2 Å². The third-order valence-electron chi connectivity index (χ3n) is 4.63. The van der Waals surface area contributed by atoms with Gasteiger partial charge in [-0.3, -0.25) is 0 Å². The Morgan fingerprint density at radius 1 is 1.26 bits per heavy atom. The second-order valence-corrected chi connectivity index (χ2v) is 5.53.